The molecule has 0 saturated heterocycles. The van der Waals surface area contributed by atoms with Gasteiger partial charge in [-0.1, -0.05) is 158 Å². The maximum Gasteiger partial charge on any atom is 0.160 e. The van der Waals surface area contributed by atoms with Crippen LogP contribution in [0.3, 0.4) is 0 Å². The highest BCUT2D eigenvalue weighted by atomic mass is 14.9. The zero-order valence-electron chi connectivity index (χ0n) is 28.4. The van der Waals surface area contributed by atoms with Crippen LogP contribution in [-0.2, 0) is 0 Å². The van der Waals surface area contributed by atoms with Gasteiger partial charge in [-0.05, 0) is 102 Å². The van der Waals surface area contributed by atoms with E-state index < -0.39 is 0 Å². The predicted octanol–water partition coefficient (Wildman–Crippen LogP) is 13.4. The Balaban J connectivity index is 1.26. The molecule has 0 aliphatic rings. The maximum absolute atomic E-state index is 5.41. The fourth-order valence-corrected chi connectivity index (χ4v) is 7.72. The van der Waals surface area contributed by atoms with E-state index in [-0.39, 0.29) is 0 Å². The number of hydrogen-bond donors (Lipinski definition) is 0. The van der Waals surface area contributed by atoms with E-state index in [9.17, 15) is 0 Å². The van der Waals surface area contributed by atoms with Gasteiger partial charge in [-0.25, -0.2) is 9.97 Å². The molecule has 242 valence electrons. The van der Waals surface area contributed by atoms with Crippen molar-refractivity contribution >= 4 is 43.2 Å². The maximum atomic E-state index is 5.41. The molecule has 1 aromatic heterocycles. The standard InChI is InChI=1S/C50H32N2/c1-3-14-33(15-4-1)36-26-27-48-47(31-36)49(35-17-5-2-6-18-35)52-50(51-48)40-29-38(43-25-13-20-34-16-7-9-21-41(34)43)28-39(30-40)46-32-37-19-8-10-22-42(37)44-23-11-12-24-45(44)46/h1-32H. The highest BCUT2D eigenvalue weighted by Crippen LogP contribution is 2.41. The molecule has 0 radical (unpaired) electrons. The van der Waals surface area contributed by atoms with Gasteiger partial charge in [0, 0.05) is 16.5 Å². The van der Waals surface area contributed by atoms with Crippen molar-refractivity contribution in [3.05, 3.63) is 194 Å². The van der Waals surface area contributed by atoms with Crippen molar-refractivity contribution in [3.8, 4) is 56.0 Å². The summed E-state index contributed by atoms with van der Waals surface area (Å²) in [5.41, 5.74) is 10.8. The Kier molecular flexibility index (Phi) is 7.18. The van der Waals surface area contributed by atoms with Gasteiger partial charge in [0.05, 0.1) is 11.2 Å². The molecule has 1 heterocycles. The Bertz CT molecular complexity index is 2940. The van der Waals surface area contributed by atoms with E-state index in [1.165, 1.54) is 49.0 Å². The first-order chi connectivity index (χ1) is 25.8. The van der Waals surface area contributed by atoms with Crippen LogP contribution in [0.4, 0.5) is 0 Å². The molecule has 52 heavy (non-hydrogen) atoms. The van der Waals surface area contributed by atoms with Crippen LogP contribution < -0.4 is 0 Å². The van der Waals surface area contributed by atoms with Crippen molar-refractivity contribution in [2.45, 2.75) is 0 Å². The fourth-order valence-electron chi connectivity index (χ4n) is 7.72. The third-order valence-corrected chi connectivity index (χ3v) is 10.2. The molecular formula is C50H32N2. The minimum Gasteiger partial charge on any atom is -0.228 e. The molecule has 0 unspecified atom stereocenters. The molecular weight excluding hydrogens is 629 g/mol. The van der Waals surface area contributed by atoms with Gasteiger partial charge in [0.25, 0.3) is 0 Å². The summed E-state index contributed by atoms with van der Waals surface area (Å²) in [7, 11) is 0. The van der Waals surface area contributed by atoms with Crippen LogP contribution in [0.25, 0.3) is 99.2 Å². The van der Waals surface area contributed by atoms with Gasteiger partial charge in [0.1, 0.15) is 0 Å². The molecule has 0 bridgehead atoms. The summed E-state index contributed by atoms with van der Waals surface area (Å²) in [5, 5.41) is 8.40. The minimum absolute atomic E-state index is 0.701. The van der Waals surface area contributed by atoms with Crippen molar-refractivity contribution in [3.63, 3.8) is 0 Å². The molecule has 0 atom stereocenters. The Labute approximate surface area is 302 Å². The lowest BCUT2D eigenvalue weighted by atomic mass is 9.89. The Hall–Kier alpha value is -6.90. The second kappa shape index (κ2) is 12.5. The lowest BCUT2D eigenvalue weighted by molar-refractivity contribution is 1.23. The first kappa shape index (κ1) is 30.0. The van der Waals surface area contributed by atoms with Crippen LogP contribution in [-0.4, -0.2) is 9.97 Å². The molecule has 0 spiro atoms. The van der Waals surface area contributed by atoms with Gasteiger partial charge in [0.15, 0.2) is 5.82 Å². The van der Waals surface area contributed by atoms with E-state index in [4.69, 9.17) is 9.97 Å². The van der Waals surface area contributed by atoms with Gasteiger partial charge in [-0.15, -0.1) is 0 Å². The van der Waals surface area contributed by atoms with Crippen LogP contribution in [0.5, 0.6) is 0 Å². The van der Waals surface area contributed by atoms with Crippen molar-refractivity contribution in [2.24, 2.45) is 0 Å². The first-order valence-electron chi connectivity index (χ1n) is 17.7. The highest BCUT2D eigenvalue weighted by Gasteiger charge is 2.17. The summed E-state index contributed by atoms with van der Waals surface area (Å²) >= 11 is 0. The lowest BCUT2D eigenvalue weighted by Crippen LogP contribution is -1.97. The van der Waals surface area contributed by atoms with Gasteiger partial charge in [-0.3, -0.25) is 0 Å². The van der Waals surface area contributed by atoms with Gasteiger partial charge < -0.3 is 0 Å². The molecule has 2 nitrogen and oxygen atoms in total. The smallest absolute Gasteiger partial charge is 0.160 e. The first-order valence-corrected chi connectivity index (χ1v) is 17.7. The summed E-state index contributed by atoms with van der Waals surface area (Å²) < 4.78 is 0. The van der Waals surface area contributed by atoms with E-state index in [0.29, 0.717) is 5.82 Å². The van der Waals surface area contributed by atoms with Gasteiger partial charge >= 0.3 is 0 Å². The third kappa shape index (κ3) is 5.21. The molecule has 9 aromatic carbocycles. The average molecular weight is 661 g/mol. The van der Waals surface area contributed by atoms with E-state index in [0.717, 1.165) is 44.4 Å². The van der Waals surface area contributed by atoms with Gasteiger partial charge in [-0.2, -0.15) is 0 Å². The van der Waals surface area contributed by atoms with Crippen LogP contribution in [0, 0.1) is 0 Å². The molecule has 10 aromatic rings. The van der Waals surface area contributed by atoms with E-state index in [1.54, 1.807) is 0 Å². The van der Waals surface area contributed by atoms with Crippen molar-refractivity contribution in [1.82, 2.24) is 9.97 Å². The zero-order valence-corrected chi connectivity index (χ0v) is 28.4. The van der Waals surface area contributed by atoms with E-state index in [2.05, 4.69) is 194 Å². The highest BCUT2D eigenvalue weighted by molar-refractivity contribution is 6.14. The predicted molar refractivity (Wildman–Crippen MR) is 219 cm³/mol. The molecule has 2 heteroatoms. The molecule has 0 N–H and O–H groups in total. The van der Waals surface area contributed by atoms with E-state index >= 15 is 0 Å². The number of fused-ring (bicyclic) bond motifs is 5. The Morgan fingerprint density at radius 3 is 1.65 bits per heavy atom. The minimum atomic E-state index is 0.701. The number of benzene rings is 9. The quantitative estimate of drug-likeness (QED) is 0.172. The monoisotopic (exact) mass is 660 g/mol. The topological polar surface area (TPSA) is 25.8 Å². The van der Waals surface area contributed by atoms with E-state index in [1.807, 2.05) is 0 Å². The molecule has 0 fully saturated rings. The van der Waals surface area contributed by atoms with Crippen LogP contribution in [0.2, 0.25) is 0 Å². The SMILES string of the molecule is c1ccc(-c2ccc3nc(-c4cc(-c5cccc6ccccc56)cc(-c5cc6ccccc6c6ccccc56)c4)nc(-c4ccccc4)c3c2)cc1. The normalized spacial score (nSPS) is 11.5. The average Bonchev–Trinajstić information content (AvgIpc) is 3.23. The van der Waals surface area contributed by atoms with Crippen molar-refractivity contribution in [1.29, 1.82) is 0 Å². The molecule has 0 amide bonds. The summed E-state index contributed by atoms with van der Waals surface area (Å²) in [6, 6.07) is 69.4. The summed E-state index contributed by atoms with van der Waals surface area (Å²) in [5.74, 6) is 0.701. The summed E-state index contributed by atoms with van der Waals surface area (Å²) in [6.07, 6.45) is 0. The van der Waals surface area contributed by atoms with Crippen LogP contribution in [0.15, 0.2) is 194 Å². The summed E-state index contributed by atoms with van der Waals surface area (Å²) in [6.45, 7) is 0. The molecule has 0 aliphatic carbocycles. The third-order valence-electron chi connectivity index (χ3n) is 10.2. The summed E-state index contributed by atoms with van der Waals surface area (Å²) in [4.78, 5) is 10.7. The molecule has 0 saturated carbocycles. The second-order valence-corrected chi connectivity index (χ2v) is 13.4. The Morgan fingerprint density at radius 1 is 0.269 bits per heavy atom. The Morgan fingerprint density at radius 2 is 0.865 bits per heavy atom. The van der Waals surface area contributed by atoms with Crippen molar-refractivity contribution < 1.29 is 0 Å². The van der Waals surface area contributed by atoms with Crippen LogP contribution >= 0.6 is 0 Å². The second-order valence-electron chi connectivity index (χ2n) is 13.4. The van der Waals surface area contributed by atoms with Crippen molar-refractivity contribution in [2.75, 3.05) is 0 Å². The molecule has 10 rings (SSSR count). The van der Waals surface area contributed by atoms with Crippen LogP contribution in [0.1, 0.15) is 0 Å². The largest absolute Gasteiger partial charge is 0.228 e. The lowest BCUT2D eigenvalue weighted by Gasteiger charge is -2.16. The zero-order chi connectivity index (χ0) is 34.4. The number of aromatic nitrogens is 2. The number of hydrogen-bond acceptors (Lipinski definition) is 2. The molecule has 0 aliphatic heterocycles. The fraction of sp³-hybridized carbons (Fsp3) is 0. The van der Waals surface area contributed by atoms with Gasteiger partial charge in [0.2, 0.25) is 0 Å². The number of rotatable bonds is 5. The number of nitrogens with zero attached hydrogens (tertiary/aromatic N) is 2.